The molecule has 1 N–H and O–H groups in total. The summed E-state index contributed by atoms with van der Waals surface area (Å²) in [4.78, 5) is 1.43. The summed E-state index contributed by atoms with van der Waals surface area (Å²) in [5, 5.41) is 10.3. The van der Waals surface area contributed by atoms with E-state index in [2.05, 4.69) is 47.8 Å². The monoisotopic (exact) mass is 277 g/mol. The summed E-state index contributed by atoms with van der Waals surface area (Å²) in [5.41, 5.74) is 2.43. The van der Waals surface area contributed by atoms with Crippen LogP contribution >= 0.6 is 11.3 Å². The molecule has 1 atom stereocenters. The van der Waals surface area contributed by atoms with E-state index in [0.717, 1.165) is 13.0 Å². The Morgan fingerprint density at radius 1 is 1.42 bits per heavy atom. The van der Waals surface area contributed by atoms with Crippen molar-refractivity contribution < 1.29 is 0 Å². The second-order valence-electron chi connectivity index (χ2n) is 4.84. The van der Waals surface area contributed by atoms with Gasteiger partial charge in [0.1, 0.15) is 0 Å². The summed E-state index contributed by atoms with van der Waals surface area (Å²) in [5.74, 6) is 0. The van der Waals surface area contributed by atoms with Crippen molar-refractivity contribution in [3.05, 3.63) is 39.8 Å². The number of rotatable bonds is 7. The second-order valence-corrected chi connectivity index (χ2v) is 5.82. The Morgan fingerprint density at radius 3 is 2.84 bits per heavy atom. The van der Waals surface area contributed by atoms with E-state index in [9.17, 15) is 0 Å². The van der Waals surface area contributed by atoms with Gasteiger partial charge in [0.2, 0.25) is 0 Å². The van der Waals surface area contributed by atoms with Crippen LogP contribution in [0.3, 0.4) is 0 Å². The number of hydrogen-bond acceptors (Lipinski definition) is 3. The summed E-state index contributed by atoms with van der Waals surface area (Å²) in [6.07, 6.45) is 3.37. The predicted octanol–water partition coefficient (Wildman–Crippen LogP) is 3.68. The van der Waals surface area contributed by atoms with Gasteiger partial charge in [-0.25, -0.2) is 0 Å². The maximum absolute atomic E-state index is 4.50. The first kappa shape index (κ1) is 14.3. The molecule has 4 heteroatoms. The van der Waals surface area contributed by atoms with Crippen molar-refractivity contribution in [2.75, 3.05) is 0 Å². The molecule has 0 bridgehead atoms. The van der Waals surface area contributed by atoms with E-state index in [1.807, 2.05) is 23.1 Å². The van der Waals surface area contributed by atoms with Crippen molar-refractivity contribution in [3.63, 3.8) is 0 Å². The lowest BCUT2D eigenvalue weighted by atomic mass is 10.1. The van der Waals surface area contributed by atoms with Gasteiger partial charge >= 0.3 is 0 Å². The highest BCUT2D eigenvalue weighted by Crippen LogP contribution is 2.23. The zero-order valence-electron chi connectivity index (χ0n) is 12.0. The van der Waals surface area contributed by atoms with Gasteiger partial charge in [0.05, 0.1) is 11.4 Å². The van der Waals surface area contributed by atoms with Crippen molar-refractivity contribution in [1.29, 1.82) is 0 Å². The van der Waals surface area contributed by atoms with Crippen LogP contribution in [-0.4, -0.2) is 9.78 Å². The van der Waals surface area contributed by atoms with E-state index >= 15 is 0 Å². The molecule has 0 amide bonds. The summed E-state index contributed by atoms with van der Waals surface area (Å²) < 4.78 is 1.99. The minimum absolute atomic E-state index is 0.463. The highest BCUT2D eigenvalue weighted by atomic mass is 32.1. The zero-order valence-corrected chi connectivity index (χ0v) is 12.8. The minimum Gasteiger partial charge on any atom is -0.304 e. The molecule has 0 spiro atoms. The molecule has 3 nitrogen and oxygen atoms in total. The molecule has 1 unspecified atom stereocenters. The third kappa shape index (κ3) is 3.67. The van der Waals surface area contributed by atoms with Crippen molar-refractivity contribution in [2.45, 2.75) is 45.7 Å². The van der Waals surface area contributed by atoms with E-state index in [1.54, 1.807) is 0 Å². The Hall–Kier alpha value is -1.13. The SMILES string of the molecule is CCCC(NCc1cc(CC)nn1C)c1cccs1. The van der Waals surface area contributed by atoms with Crippen LogP contribution in [-0.2, 0) is 20.0 Å². The Bertz CT molecular complexity index is 487. The summed E-state index contributed by atoms with van der Waals surface area (Å²) in [7, 11) is 2.02. The molecular weight excluding hydrogens is 254 g/mol. The van der Waals surface area contributed by atoms with Gasteiger partial charge < -0.3 is 5.32 Å². The number of nitrogens with zero attached hydrogens (tertiary/aromatic N) is 2. The molecule has 0 fully saturated rings. The van der Waals surface area contributed by atoms with Crippen LogP contribution in [0, 0.1) is 0 Å². The van der Waals surface area contributed by atoms with Crippen molar-refractivity contribution in [1.82, 2.24) is 15.1 Å². The molecule has 2 aromatic rings. The number of thiophene rings is 1. The highest BCUT2D eigenvalue weighted by Gasteiger charge is 2.12. The van der Waals surface area contributed by atoms with Gasteiger partial charge in [-0.1, -0.05) is 26.3 Å². The molecule has 104 valence electrons. The molecule has 0 aliphatic rings. The van der Waals surface area contributed by atoms with Crippen LogP contribution < -0.4 is 5.32 Å². The maximum Gasteiger partial charge on any atom is 0.0625 e. The van der Waals surface area contributed by atoms with E-state index < -0.39 is 0 Å². The van der Waals surface area contributed by atoms with Gasteiger partial charge in [0, 0.05) is 24.5 Å². The number of aromatic nitrogens is 2. The fraction of sp³-hybridized carbons (Fsp3) is 0.533. The largest absolute Gasteiger partial charge is 0.304 e. The fourth-order valence-electron chi connectivity index (χ4n) is 2.26. The lowest BCUT2D eigenvalue weighted by Gasteiger charge is -2.16. The van der Waals surface area contributed by atoms with Crippen LogP contribution in [0.25, 0.3) is 0 Å². The summed E-state index contributed by atoms with van der Waals surface area (Å²) >= 11 is 1.84. The van der Waals surface area contributed by atoms with Crippen LogP contribution in [0.4, 0.5) is 0 Å². The van der Waals surface area contributed by atoms with Crippen LogP contribution in [0.2, 0.25) is 0 Å². The molecular formula is C15H23N3S. The van der Waals surface area contributed by atoms with E-state index in [4.69, 9.17) is 0 Å². The first-order chi connectivity index (χ1) is 9.24. The van der Waals surface area contributed by atoms with E-state index in [0.29, 0.717) is 6.04 Å². The first-order valence-electron chi connectivity index (χ1n) is 7.03. The molecule has 0 aromatic carbocycles. The van der Waals surface area contributed by atoms with Gasteiger partial charge in [0.15, 0.2) is 0 Å². The Balaban J connectivity index is 2.00. The number of nitrogens with one attached hydrogen (secondary N) is 1. The van der Waals surface area contributed by atoms with Crippen molar-refractivity contribution in [2.24, 2.45) is 7.05 Å². The van der Waals surface area contributed by atoms with Gasteiger partial charge in [0.25, 0.3) is 0 Å². The molecule has 2 rings (SSSR count). The molecule has 2 heterocycles. The molecule has 0 aliphatic carbocycles. The van der Waals surface area contributed by atoms with Gasteiger partial charge in [-0.2, -0.15) is 5.10 Å². The van der Waals surface area contributed by atoms with Gasteiger partial charge in [-0.05, 0) is 30.4 Å². The fourth-order valence-corrected chi connectivity index (χ4v) is 3.10. The zero-order chi connectivity index (χ0) is 13.7. The smallest absolute Gasteiger partial charge is 0.0625 e. The third-order valence-electron chi connectivity index (χ3n) is 3.38. The topological polar surface area (TPSA) is 29.9 Å². The van der Waals surface area contributed by atoms with Crippen molar-refractivity contribution >= 4 is 11.3 Å². The molecule has 0 saturated heterocycles. The van der Waals surface area contributed by atoms with Gasteiger partial charge in [-0.3, -0.25) is 4.68 Å². The lowest BCUT2D eigenvalue weighted by molar-refractivity contribution is 0.487. The average Bonchev–Trinajstić information content (AvgIpc) is 3.04. The quantitative estimate of drug-likeness (QED) is 0.836. The summed E-state index contributed by atoms with van der Waals surface area (Å²) in [6, 6.07) is 7.01. The molecule has 19 heavy (non-hydrogen) atoms. The Labute approximate surface area is 119 Å². The normalized spacial score (nSPS) is 12.8. The van der Waals surface area contributed by atoms with Crippen LogP contribution in [0.1, 0.15) is 49.0 Å². The first-order valence-corrected chi connectivity index (χ1v) is 7.91. The average molecular weight is 277 g/mol. The predicted molar refractivity (Wildman–Crippen MR) is 81.4 cm³/mol. The Morgan fingerprint density at radius 2 is 2.26 bits per heavy atom. The maximum atomic E-state index is 4.50. The number of aryl methyl sites for hydroxylation is 2. The molecule has 0 aliphatic heterocycles. The van der Waals surface area contributed by atoms with Gasteiger partial charge in [-0.15, -0.1) is 11.3 Å². The summed E-state index contributed by atoms with van der Waals surface area (Å²) in [6.45, 7) is 5.26. The van der Waals surface area contributed by atoms with Crippen molar-refractivity contribution in [3.8, 4) is 0 Å². The molecule has 2 aromatic heterocycles. The third-order valence-corrected chi connectivity index (χ3v) is 4.37. The standard InChI is InChI=1S/C15H23N3S/c1-4-7-14(15-8-6-9-19-15)16-11-13-10-12(5-2)17-18(13)3/h6,8-10,14,16H,4-5,7,11H2,1-3H3. The van der Waals surface area contributed by atoms with Crippen LogP contribution in [0.15, 0.2) is 23.6 Å². The second kappa shape index (κ2) is 6.87. The van der Waals surface area contributed by atoms with Crippen LogP contribution in [0.5, 0.6) is 0 Å². The van der Waals surface area contributed by atoms with E-state index in [-0.39, 0.29) is 0 Å². The van der Waals surface area contributed by atoms with E-state index in [1.165, 1.54) is 29.1 Å². The minimum atomic E-state index is 0.463. The molecule has 0 saturated carbocycles. The Kier molecular flexibility index (Phi) is 5.16. The number of hydrogen-bond donors (Lipinski definition) is 1. The molecule has 0 radical (unpaired) electrons. The lowest BCUT2D eigenvalue weighted by Crippen LogP contribution is -2.21. The highest BCUT2D eigenvalue weighted by molar-refractivity contribution is 7.10.